The van der Waals surface area contributed by atoms with E-state index in [0.29, 0.717) is 13.0 Å². The Bertz CT molecular complexity index is 1230. The summed E-state index contributed by atoms with van der Waals surface area (Å²) in [5.41, 5.74) is 2.89. The first-order valence-corrected chi connectivity index (χ1v) is 12.2. The first-order chi connectivity index (χ1) is 16.9. The van der Waals surface area contributed by atoms with Crippen LogP contribution in [0.3, 0.4) is 0 Å². The van der Waals surface area contributed by atoms with Gasteiger partial charge in [-0.05, 0) is 47.7 Å². The highest BCUT2D eigenvalue weighted by Gasteiger charge is 2.26. The number of aliphatic hydroxyl groups excluding tert-OH is 1. The Morgan fingerprint density at radius 2 is 1.46 bits per heavy atom. The van der Waals surface area contributed by atoms with Crippen LogP contribution in [-0.4, -0.2) is 29.7 Å². The van der Waals surface area contributed by atoms with Gasteiger partial charge < -0.3 is 15.7 Å². The number of aliphatic hydroxyl groups is 1. The highest BCUT2D eigenvalue weighted by Crippen LogP contribution is 2.21. The minimum atomic E-state index is -0.755. The van der Waals surface area contributed by atoms with Crippen LogP contribution in [0.2, 0.25) is 0 Å². The molecule has 0 spiro atoms. The van der Waals surface area contributed by atoms with Crippen LogP contribution in [0.5, 0.6) is 0 Å². The van der Waals surface area contributed by atoms with E-state index < -0.39 is 12.1 Å². The lowest BCUT2D eigenvalue weighted by molar-refractivity contribution is -0.122. The van der Waals surface area contributed by atoms with E-state index in [4.69, 9.17) is 0 Å². The summed E-state index contributed by atoms with van der Waals surface area (Å²) in [6.45, 7) is 4.55. The van der Waals surface area contributed by atoms with Gasteiger partial charge in [0.2, 0.25) is 5.91 Å². The number of amides is 1. The molecule has 4 aromatic carbocycles. The van der Waals surface area contributed by atoms with Crippen LogP contribution in [-0.2, 0) is 23.2 Å². The molecule has 4 aromatic rings. The molecule has 0 saturated heterocycles. The molecule has 0 bridgehead atoms. The van der Waals surface area contributed by atoms with Crippen LogP contribution in [0.15, 0.2) is 103 Å². The summed E-state index contributed by atoms with van der Waals surface area (Å²) in [4.78, 5) is 13.1. The Morgan fingerprint density at radius 3 is 2.20 bits per heavy atom. The summed E-state index contributed by atoms with van der Waals surface area (Å²) in [5.74, 6) is -0.0938. The first-order valence-electron chi connectivity index (χ1n) is 12.2. The summed E-state index contributed by atoms with van der Waals surface area (Å²) < 4.78 is 0. The molecule has 0 aliphatic heterocycles. The third-order valence-electron chi connectivity index (χ3n) is 6.59. The molecule has 2 atom stereocenters. The number of carbonyl (C=O) groups excluding carboxylic acids is 1. The fraction of sp³-hybridized carbons (Fsp3) is 0.258. The standard InChI is InChI=1S/C31H34N2O2/c1-31(2,26-17-7-4-8-18-26)32-22-29(34)28(20-23-12-5-3-6-13-23)33-30(35)21-25-16-11-15-24-14-9-10-19-27(24)25/h3-19,28-29,32,34H,20-22H2,1-2H3,(H,33,35)/t28-,29+/m0/s1. The van der Waals surface area contributed by atoms with Crippen LogP contribution in [0, 0.1) is 0 Å². The van der Waals surface area contributed by atoms with E-state index in [2.05, 4.69) is 48.7 Å². The van der Waals surface area contributed by atoms with E-state index in [9.17, 15) is 9.90 Å². The van der Waals surface area contributed by atoms with Crippen molar-refractivity contribution in [1.82, 2.24) is 10.6 Å². The van der Waals surface area contributed by atoms with Crippen molar-refractivity contribution in [1.29, 1.82) is 0 Å². The van der Waals surface area contributed by atoms with Gasteiger partial charge in [0, 0.05) is 12.1 Å². The van der Waals surface area contributed by atoms with Gasteiger partial charge in [0.25, 0.3) is 0 Å². The Morgan fingerprint density at radius 1 is 0.829 bits per heavy atom. The van der Waals surface area contributed by atoms with Gasteiger partial charge in [-0.1, -0.05) is 103 Å². The number of carbonyl (C=O) groups is 1. The lowest BCUT2D eigenvalue weighted by atomic mass is 9.93. The number of nitrogens with one attached hydrogen (secondary N) is 2. The van der Waals surface area contributed by atoms with Crippen molar-refractivity contribution in [3.8, 4) is 0 Å². The van der Waals surface area contributed by atoms with E-state index in [0.717, 1.165) is 27.5 Å². The maximum absolute atomic E-state index is 13.1. The fourth-order valence-electron chi connectivity index (χ4n) is 4.49. The summed E-state index contributed by atoms with van der Waals surface area (Å²) in [5, 5.41) is 20.0. The SMILES string of the molecule is CC(C)(NC[C@@H](O)[C@H](Cc1ccccc1)NC(=O)Cc1cccc2ccccc12)c1ccccc1. The number of hydrogen-bond acceptors (Lipinski definition) is 3. The second-order valence-corrected chi connectivity index (χ2v) is 9.62. The Balaban J connectivity index is 1.47. The second-order valence-electron chi connectivity index (χ2n) is 9.62. The number of fused-ring (bicyclic) bond motifs is 1. The van der Waals surface area contributed by atoms with Gasteiger partial charge in [0.15, 0.2) is 0 Å². The molecule has 0 aliphatic rings. The molecule has 1 amide bonds. The largest absolute Gasteiger partial charge is 0.390 e. The number of hydrogen-bond donors (Lipinski definition) is 3. The molecule has 0 aromatic heterocycles. The van der Waals surface area contributed by atoms with E-state index in [1.54, 1.807) is 0 Å². The molecular weight excluding hydrogens is 432 g/mol. The average Bonchev–Trinajstić information content (AvgIpc) is 2.88. The van der Waals surface area contributed by atoms with Crippen molar-refractivity contribution in [2.75, 3.05) is 6.54 Å². The zero-order chi connectivity index (χ0) is 24.7. The summed E-state index contributed by atoms with van der Waals surface area (Å²) in [6.07, 6.45) is 0.0635. The average molecular weight is 467 g/mol. The van der Waals surface area contributed by atoms with Crippen LogP contribution in [0.25, 0.3) is 10.8 Å². The monoisotopic (exact) mass is 466 g/mol. The Kier molecular flexibility index (Phi) is 7.96. The molecule has 0 saturated carbocycles. The quantitative estimate of drug-likeness (QED) is 0.308. The van der Waals surface area contributed by atoms with Gasteiger partial charge in [-0.3, -0.25) is 4.79 Å². The zero-order valence-electron chi connectivity index (χ0n) is 20.4. The topological polar surface area (TPSA) is 61.4 Å². The van der Waals surface area contributed by atoms with Crippen LogP contribution in [0.4, 0.5) is 0 Å². The molecule has 35 heavy (non-hydrogen) atoms. The van der Waals surface area contributed by atoms with Gasteiger partial charge >= 0.3 is 0 Å². The molecule has 4 nitrogen and oxygen atoms in total. The van der Waals surface area contributed by atoms with Crippen molar-refractivity contribution < 1.29 is 9.90 Å². The molecule has 4 rings (SSSR count). The molecule has 3 N–H and O–H groups in total. The van der Waals surface area contributed by atoms with E-state index >= 15 is 0 Å². The number of benzene rings is 4. The number of rotatable bonds is 10. The third kappa shape index (κ3) is 6.56. The molecule has 0 fully saturated rings. The van der Waals surface area contributed by atoms with Crippen molar-refractivity contribution in [2.45, 2.75) is 44.4 Å². The zero-order valence-corrected chi connectivity index (χ0v) is 20.4. The second kappa shape index (κ2) is 11.3. The molecule has 0 unspecified atom stereocenters. The molecule has 180 valence electrons. The van der Waals surface area contributed by atoms with E-state index in [1.807, 2.05) is 78.9 Å². The smallest absolute Gasteiger partial charge is 0.224 e. The highest BCUT2D eigenvalue weighted by atomic mass is 16.3. The third-order valence-corrected chi connectivity index (χ3v) is 6.59. The van der Waals surface area contributed by atoms with Gasteiger partial charge in [0.05, 0.1) is 18.6 Å². The minimum absolute atomic E-state index is 0.0938. The van der Waals surface area contributed by atoms with Crippen molar-refractivity contribution in [3.63, 3.8) is 0 Å². The van der Waals surface area contributed by atoms with Gasteiger partial charge in [-0.2, -0.15) is 0 Å². The summed E-state index contributed by atoms with van der Waals surface area (Å²) in [6, 6.07) is 33.9. The van der Waals surface area contributed by atoms with Crippen molar-refractivity contribution in [3.05, 3.63) is 120 Å². The molecule has 0 aliphatic carbocycles. The summed E-state index contributed by atoms with van der Waals surface area (Å²) >= 11 is 0. The highest BCUT2D eigenvalue weighted by molar-refractivity contribution is 5.90. The van der Waals surface area contributed by atoms with Crippen LogP contribution >= 0.6 is 0 Å². The maximum Gasteiger partial charge on any atom is 0.224 e. The van der Waals surface area contributed by atoms with Gasteiger partial charge in [-0.15, -0.1) is 0 Å². The molecule has 0 heterocycles. The van der Waals surface area contributed by atoms with Gasteiger partial charge in [-0.25, -0.2) is 0 Å². The fourth-order valence-corrected chi connectivity index (χ4v) is 4.49. The molecule has 4 heteroatoms. The lowest BCUT2D eigenvalue weighted by Gasteiger charge is -2.31. The predicted molar refractivity (Wildman–Crippen MR) is 143 cm³/mol. The lowest BCUT2D eigenvalue weighted by Crippen LogP contribution is -2.51. The van der Waals surface area contributed by atoms with Crippen LogP contribution in [0.1, 0.15) is 30.5 Å². The normalized spacial score (nSPS) is 13.3. The Hall–Kier alpha value is -3.47. The van der Waals surface area contributed by atoms with Crippen LogP contribution < -0.4 is 10.6 Å². The van der Waals surface area contributed by atoms with Gasteiger partial charge in [0.1, 0.15) is 0 Å². The van der Waals surface area contributed by atoms with E-state index in [1.165, 1.54) is 0 Å². The predicted octanol–water partition coefficient (Wildman–Crippen LogP) is 5.00. The van der Waals surface area contributed by atoms with Crippen molar-refractivity contribution in [2.24, 2.45) is 0 Å². The van der Waals surface area contributed by atoms with Crippen molar-refractivity contribution >= 4 is 16.7 Å². The minimum Gasteiger partial charge on any atom is -0.390 e. The van der Waals surface area contributed by atoms with E-state index in [-0.39, 0.29) is 17.9 Å². The molecule has 0 radical (unpaired) electrons. The Labute approximate surface area is 208 Å². The molecular formula is C31H34N2O2. The summed E-state index contributed by atoms with van der Waals surface area (Å²) in [7, 11) is 0. The maximum atomic E-state index is 13.1. The first kappa shape index (κ1) is 24.6.